The lowest BCUT2D eigenvalue weighted by Crippen LogP contribution is -2.47. The molecule has 1 saturated carbocycles. The van der Waals surface area contributed by atoms with Crippen molar-refractivity contribution in [2.45, 2.75) is 35.3 Å². The van der Waals surface area contributed by atoms with E-state index in [4.69, 9.17) is 0 Å². The highest BCUT2D eigenvalue weighted by molar-refractivity contribution is 8.01. The Kier molecular flexibility index (Phi) is 3.33. The summed E-state index contributed by atoms with van der Waals surface area (Å²) >= 11 is 1.78. The Bertz CT molecular complexity index is 662. The highest BCUT2D eigenvalue weighted by atomic mass is 32.2. The van der Waals surface area contributed by atoms with Crippen molar-refractivity contribution in [3.05, 3.63) is 24.3 Å². The molecule has 0 aromatic heterocycles. The van der Waals surface area contributed by atoms with E-state index in [1.807, 2.05) is 30.1 Å². The number of thioether (sulfide) groups is 1. The number of hydrogen-bond acceptors (Lipinski definition) is 3. The van der Waals surface area contributed by atoms with E-state index in [2.05, 4.69) is 10.5 Å². The van der Waals surface area contributed by atoms with Crippen LogP contribution < -0.4 is 4.90 Å². The summed E-state index contributed by atoms with van der Waals surface area (Å²) in [5.74, 6) is 0.696. The fourth-order valence-corrected chi connectivity index (χ4v) is 5.38. The van der Waals surface area contributed by atoms with Crippen molar-refractivity contribution in [3.63, 3.8) is 0 Å². The minimum atomic E-state index is -3.39. The monoisotopic (exact) mass is 310 g/mol. The minimum absolute atomic E-state index is 0.174. The molecule has 0 bridgehead atoms. The fourth-order valence-electron chi connectivity index (χ4n) is 3.07. The lowest BCUT2D eigenvalue weighted by Gasteiger charge is -2.41. The van der Waals surface area contributed by atoms with Gasteiger partial charge in [-0.1, -0.05) is 25.0 Å². The van der Waals surface area contributed by atoms with Crippen LogP contribution >= 0.6 is 11.8 Å². The average molecular weight is 310 g/mol. The van der Waals surface area contributed by atoms with Crippen LogP contribution in [-0.4, -0.2) is 32.3 Å². The maximum atomic E-state index is 11.7. The molecular formula is C14H18N2O2S2. The maximum absolute atomic E-state index is 11.7. The van der Waals surface area contributed by atoms with Crippen molar-refractivity contribution in [1.82, 2.24) is 0 Å². The zero-order valence-corrected chi connectivity index (χ0v) is 13.3. The van der Waals surface area contributed by atoms with E-state index < -0.39 is 10.0 Å². The van der Waals surface area contributed by atoms with Gasteiger partial charge in [0.05, 0.1) is 16.7 Å². The molecule has 1 aliphatic heterocycles. The second kappa shape index (κ2) is 4.77. The van der Waals surface area contributed by atoms with Crippen molar-refractivity contribution in [2.24, 2.45) is 4.40 Å². The number of anilines is 1. The van der Waals surface area contributed by atoms with Gasteiger partial charge in [0.1, 0.15) is 5.84 Å². The zero-order chi connectivity index (χ0) is 14.4. The third kappa shape index (κ3) is 2.35. The van der Waals surface area contributed by atoms with Crippen LogP contribution in [0.2, 0.25) is 0 Å². The van der Waals surface area contributed by atoms with Gasteiger partial charge in [0, 0.05) is 11.9 Å². The molecule has 0 unspecified atom stereocenters. The molecule has 1 aromatic carbocycles. The minimum Gasteiger partial charge on any atom is -0.330 e. The highest BCUT2D eigenvalue weighted by Crippen LogP contribution is 2.52. The van der Waals surface area contributed by atoms with Crippen molar-refractivity contribution in [2.75, 3.05) is 18.2 Å². The maximum Gasteiger partial charge on any atom is 0.251 e. The predicted octanol–water partition coefficient (Wildman–Crippen LogP) is 2.90. The van der Waals surface area contributed by atoms with Crippen molar-refractivity contribution in [1.29, 1.82) is 0 Å². The third-order valence-corrected chi connectivity index (χ3v) is 5.97. The van der Waals surface area contributed by atoms with Crippen LogP contribution in [0.25, 0.3) is 0 Å². The zero-order valence-electron chi connectivity index (χ0n) is 11.7. The first-order valence-corrected chi connectivity index (χ1v) is 9.40. The molecule has 2 aliphatic rings. The van der Waals surface area contributed by atoms with E-state index in [0.29, 0.717) is 5.84 Å². The largest absolute Gasteiger partial charge is 0.330 e. The van der Waals surface area contributed by atoms with Crippen molar-refractivity contribution in [3.8, 4) is 0 Å². The molecule has 1 fully saturated rings. The summed E-state index contributed by atoms with van der Waals surface area (Å²) in [7, 11) is -1.47. The number of fused-ring (bicyclic) bond motifs is 1. The molecule has 0 N–H and O–H groups in total. The van der Waals surface area contributed by atoms with Crippen LogP contribution in [0, 0.1) is 0 Å². The average Bonchev–Trinajstić information content (AvgIpc) is 2.83. The SMILES string of the molecule is CN1C(=NS(C)(=O)=O)C2(CCCC2)Sc2ccccc21. The van der Waals surface area contributed by atoms with Gasteiger partial charge in [-0.15, -0.1) is 16.2 Å². The normalized spacial score (nSPS) is 23.3. The lowest BCUT2D eigenvalue weighted by atomic mass is 10.0. The molecule has 3 rings (SSSR count). The first kappa shape index (κ1) is 13.9. The van der Waals surface area contributed by atoms with Crippen molar-refractivity contribution >= 4 is 33.3 Å². The molecule has 1 aliphatic carbocycles. The Morgan fingerprint density at radius 2 is 1.90 bits per heavy atom. The summed E-state index contributed by atoms with van der Waals surface area (Å²) in [5.41, 5.74) is 1.04. The van der Waals surface area contributed by atoms with Crippen LogP contribution in [0.1, 0.15) is 25.7 Å². The summed E-state index contributed by atoms with van der Waals surface area (Å²) in [6, 6.07) is 8.12. The summed E-state index contributed by atoms with van der Waals surface area (Å²) in [4.78, 5) is 3.17. The van der Waals surface area contributed by atoms with Crippen LogP contribution in [0.3, 0.4) is 0 Å². The molecule has 0 radical (unpaired) electrons. The molecule has 0 saturated heterocycles. The summed E-state index contributed by atoms with van der Waals surface area (Å²) in [5, 5.41) is 0. The van der Waals surface area contributed by atoms with Gasteiger partial charge in [-0.3, -0.25) is 0 Å². The summed E-state index contributed by atoms with van der Waals surface area (Å²) < 4.78 is 27.3. The highest BCUT2D eigenvalue weighted by Gasteiger charge is 2.46. The molecule has 6 heteroatoms. The standard InChI is InChI=1S/C14H18N2O2S2/c1-16-11-7-3-4-8-12(11)19-14(9-5-6-10-14)13(16)15-20(2,17)18/h3-4,7-8H,5-6,9-10H2,1-2H3. The van der Waals surface area contributed by atoms with E-state index in [-0.39, 0.29) is 4.75 Å². The quantitative estimate of drug-likeness (QED) is 0.800. The third-order valence-electron chi connectivity index (χ3n) is 3.92. The Morgan fingerprint density at radius 1 is 1.25 bits per heavy atom. The van der Waals surface area contributed by atoms with E-state index in [1.54, 1.807) is 11.8 Å². The fraction of sp³-hybridized carbons (Fsp3) is 0.500. The molecule has 1 spiro atoms. The van der Waals surface area contributed by atoms with Gasteiger partial charge in [-0.25, -0.2) is 8.42 Å². The number of amidine groups is 1. The molecule has 1 heterocycles. The lowest BCUT2D eigenvalue weighted by molar-refractivity contribution is 0.603. The van der Waals surface area contributed by atoms with Gasteiger partial charge in [0.25, 0.3) is 10.0 Å². The number of nitrogens with zero attached hydrogens (tertiary/aromatic N) is 2. The molecule has 1 aromatic rings. The number of para-hydroxylation sites is 1. The van der Waals surface area contributed by atoms with Gasteiger partial charge in [-0.2, -0.15) is 0 Å². The Labute approximate surface area is 124 Å². The predicted molar refractivity (Wildman–Crippen MR) is 84.2 cm³/mol. The summed E-state index contributed by atoms with van der Waals surface area (Å²) in [6.45, 7) is 0. The van der Waals surface area contributed by atoms with Gasteiger partial charge in [0.15, 0.2) is 0 Å². The molecular weight excluding hydrogens is 292 g/mol. The van der Waals surface area contributed by atoms with Crippen LogP contribution in [-0.2, 0) is 10.0 Å². The first-order valence-electron chi connectivity index (χ1n) is 6.73. The Morgan fingerprint density at radius 3 is 2.55 bits per heavy atom. The summed E-state index contributed by atoms with van der Waals surface area (Å²) in [6.07, 6.45) is 5.41. The second-order valence-electron chi connectivity index (χ2n) is 5.48. The molecule has 0 atom stereocenters. The molecule has 0 amide bonds. The van der Waals surface area contributed by atoms with E-state index in [0.717, 1.165) is 31.4 Å². The molecule has 108 valence electrons. The van der Waals surface area contributed by atoms with Gasteiger partial charge in [-0.05, 0) is 25.0 Å². The van der Waals surface area contributed by atoms with Gasteiger partial charge >= 0.3 is 0 Å². The first-order chi connectivity index (χ1) is 9.41. The molecule has 4 nitrogen and oxygen atoms in total. The van der Waals surface area contributed by atoms with E-state index in [9.17, 15) is 8.42 Å². The second-order valence-corrected chi connectivity index (χ2v) is 8.55. The van der Waals surface area contributed by atoms with E-state index in [1.165, 1.54) is 11.2 Å². The number of benzene rings is 1. The van der Waals surface area contributed by atoms with Crippen LogP contribution in [0.15, 0.2) is 33.6 Å². The smallest absolute Gasteiger partial charge is 0.251 e. The van der Waals surface area contributed by atoms with Crippen molar-refractivity contribution < 1.29 is 8.42 Å². The Hall–Kier alpha value is -1.01. The number of hydrogen-bond donors (Lipinski definition) is 0. The Balaban J connectivity index is 2.18. The topological polar surface area (TPSA) is 49.7 Å². The van der Waals surface area contributed by atoms with Gasteiger partial charge < -0.3 is 4.90 Å². The number of rotatable bonds is 1. The van der Waals surface area contributed by atoms with Gasteiger partial charge in [0.2, 0.25) is 0 Å². The molecule has 20 heavy (non-hydrogen) atoms. The van der Waals surface area contributed by atoms with Crippen LogP contribution in [0.5, 0.6) is 0 Å². The number of sulfonamides is 1. The van der Waals surface area contributed by atoms with Crippen LogP contribution in [0.4, 0.5) is 5.69 Å². The van der Waals surface area contributed by atoms with E-state index >= 15 is 0 Å².